The molecule has 0 bridgehead atoms. The van der Waals surface area contributed by atoms with Gasteiger partial charge in [0.25, 0.3) is 0 Å². The van der Waals surface area contributed by atoms with E-state index in [1.165, 1.54) is 0 Å². The van der Waals surface area contributed by atoms with Gasteiger partial charge in [0.15, 0.2) is 0 Å². The topological polar surface area (TPSA) is 91.8 Å². The monoisotopic (exact) mass is 554 g/mol. The van der Waals surface area contributed by atoms with Crippen LogP contribution in [-0.2, 0) is 27.3 Å². The smallest absolute Gasteiger partial charge is 0.413 e. The molecule has 2 aliphatic heterocycles. The van der Waals surface area contributed by atoms with Crippen molar-refractivity contribution in [3.63, 3.8) is 0 Å². The van der Waals surface area contributed by atoms with Crippen LogP contribution in [0.5, 0.6) is 0 Å². The number of hydrogen-bond acceptors (Lipinski definition) is 6. The number of hydrogen-bond donors (Lipinski definition) is 1. The van der Waals surface area contributed by atoms with Crippen LogP contribution < -0.4 is 5.32 Å². The predicted octanol–water partition coefficient (Wildman–Crippen LogP) is 5.34. The second-order valence-electron chi connectivity index (χ2n) is 11.6. The lowest BCUT2D eigenvalue weighted by atomic mass is 9.88. The fourth-order valence-corrected chi connectivity index (χ4v) is 5.40. The second-order valence-corrected chi connectivity index (χ2v) is 12.0. The van der Waals surface area contributed by atoms with Crippen LogP contribution in [0.3, 0.4) is 0 Å². The molecule has 2 amide bonds. The van der Waals surface area contributed by atoms with Gasteiger partial charge in [0, 0.05) is 49.1 Å². The van der Waals surface area contributed by atoms with E-state index in [-0.39, 0.29) is 23.5 Å². The number of aromatic nitrogens is 1. The maximum atomic E-state index is 13.2. The van der Waals surface area contributed by atoms with E-state index in [9.17, 15) is 14.4 Å². The Morgan fingerprint density at radius 2 is 1.59 bits per heavy atom. The van der Waals surface area contributed by atoms with E-state index in [0.29, 0.717) is 30.4 Å². The van der Waals surface area contributed by atoms with E-state index in [1.54, 1.807) is 6.20 Å². The summed E-state index contributed by atoms with van der Waals surface area (Å²) in [7, 11) is 0. The number of Topliss-reactive ketones (excluding diaryl/α,β-unsaturated/α-hetero) is 1. The number of rotatable bonds is 7. The summed E-state index contributed by atoms with van der Waals surface area (Å²) in [6.45, 7) is 9.16. The lowest BCUT2D eigenvalue weighted by Gasteiger charge is -2.37. The molecule has 2 aliphatic rings. The Bertz CT molecular complexity index is 1150. The molecular weight excluding hydrogens is 516 g/mol. The average Bonchev–Trinajstić information content (AvgIpc) is 2.89. The Labute approximate surface area is 236 Å². The number of nitrogens with zero attached hydrogens (tertiary/aromatic N) is 3. The Balaban J connectivity index is 1.19. The number of nitrogens with one attached hydrogen (secondary N) is 1. The Morgan fingerprint density at radius 1 is 0.949 bits per heavy atom. The van der Waals surface area contributed by atoms with Gasteiger partial charge in [0.2, 0.25) is 5.91 Å². The van der Waals surface area contributed by atoms with Crippen LogP contribution in [-0.4, -0.2) is 64.3 Å². The first-order chi connectivity index (χ1) is 18.6. The van der Waals surface area contributed by atoms with Crippen LogP contribution >= 0.6 is 11.6 Å². The van der Waals surface area contributed by atoms with E-state index in [2.05, 4.69) is 15.2 Å². The van der Waals surface area contributed by atoms with E-state index < -0.39 is 11.7 Å². The van der Waals surface area contributed by atoms with Crippen LogP contribution in [0.4, 0.5) is 10.6 Å². The van der Waals surface area contributed by atoms with Gasteiger partial charge in [-0.25, -0.2) is 9.78 Å². The Kier molecular flexibility index (Phi) is 9.62. The second kappa shape index (κ2) is 12.9. The molecule has 210 valence electrons. The normalized spacial score (nSPS) is 17.6. The first kappa shape index (κ1) is 29.0. The van der Waals surface area contributed by atoms with Crippen molar-refractivity contribution in [1.29, 1.82) is 0 Å². The van der Waals surface area contributed by atoms with Gasteiger partial charge < -0.3 is 9.64 Å². The molecular formula is C30H39ClN4O4. The van der Waals surface area contributed by atoms with E-state index in [1.807, 2.05) is 62.1 Å². The fourth-order valence-electron chi connectivity index (χ4n) is 5.27. The van der Waals surface area contributed by atoms with Crippen molar-refractivity contribution in [2.45, 2.75) is 65.0 Å². The highest BCUT2D eigenvalue weighted by atomic mass is 35.5. The molecule has 0 radical (unpaired) electrons. The molecule has 0 saturated carbocycles. The number of likely N-dealkylation sites (tertiary alicyclic amines) is 2. The van der Waals surface area contributed by atoms with Crippen LogP contribution in [0.25, 0.3) is 0 Å². The average molecular weight is 555 g/mol. The number of anilines is 1. The molecule has 3 heterocycles. The fraction of sp³-hybridized carbons (Fsp3) is 0.533. The number of carbonyl (C=O) groups is 3. The van der Waals surface area contributed by atoms with Crippen LogP contribution in [0.15, 0.2) is 42.6 Å². The third-order valence-corrected chi connectivity index (χ3v) is 7.60. The van der Waals surface area contributed by atoms with Crippen LogP contribution in [0, 0.1) is 11.8 Å². The summed E-state index contributed by atoms with van der Waals surface area (Å²) in [6, 6.07) is 11.2. The molecule has 4 rings (SSSR count). The number of amides is 2. The van der Waals surface area contributed by atoms with Gasteiger partial charge in [-0.15, -0.1) is 0 Å². The molecule has 0 spiro atoms. The number of ether oxygens (including phenoxy) is 1. The van der Waals surface area contributed by atoms with E-state index >= 15 is 0 Å². The quantitative estimate of drug-likeness (QED) is 0.496. The lowest BCUT2D eigenvalue weighted by Crippen LogP contribution is -2.46. The van der Waals surface area contributed by atoms with Gasteiger partial charge >= 0.3 is 6.09 Å². The van der Waals surface area contributed by atoms with Gasteiger partial charge in [-0.05, 0) is 94.9 Å². The molecule has 0 aliphatic carbocycles. The Hall–Kier alpha value is -2.97. The molecule has 8 nitrogen and oxygen atoms in total. The standard InChI is InChI=1S/C30H39ClN4O4/c1-30(2,3)39-29(38)33-27-19-22(8-13-32-27)20-34-14-9-24(10-15-34)28(37)35-16-11-23(12-17-35)26(36)18-21-4-6-25(31)7-5-21/h4-8,13,19,23-24H,9-12,14-18,20H2,1-3H3,(H,32,33,38). The highest BCUT2D eigenvalue weighted by Crippen LogP contribution is 2.26. The van der Waals surface area contributed by atoms with E-state index in [0.717, 1.165) is 56.4 Å². The minimum atomic E-state index is -0.575. The molecule has 1 aromatic heterocycles. The van der Waals surface area contributed by atoms with Crippen LogP contribution in [0.1, 0.15) is 57.6 Å². The minimum absolute atomic E-state index is 0.0154. The molecule has 1 aromatic carbocycles. The number of carbonyl (C=O) groups excluding carboxylic acids is 3. The third kappa shape index (κ3) is 8.77. The summed E-state index contributed by atoms with van der Waals surface area (Å²) < 4.78 is 5.30. The highest BCUT2D eigenvalue weighted by molar-refractivity contribution is 6.30. The predicted molar refractivity (Wildman–Crippen MR) is 152 cm³/mol. The number of halogens is 1. The van der Waals surface area contributed by atoms with Gasteiger partial charge in [0.1, 0.15) is 17.2 Å². The Morgan fingerprint density at radius 3 is 2.23 bits per heavy atom. The summed E-state index contributed by atoms with van der Waals surface area (Å²) >= 11 is 5.94. The van der Waals surface area contributed by atoms with Crippen LogP contribution in [0.2, 0.25) is 5.02 Å². The van der Waals surface area contributed by atoms with Crippen molar-refractivity contribution < 1.29 is 19.1 Å². The highest BCUT2D eigenvalue weighted by Gasteiger charge is 2.32. The summed E-state index contributed by atoms with van der Waals surface area (Å²) in [4.78, 5) is 46.6. The number of ketones is 1. The van der Waals surface area contributed by atoms with Crippen molar-refractivity contribution in [3.8, 4) is 0 Å². The number of benzene rings is 1. The van der Waals surface area contributed by atoms with Gasteiger partial charge in [-0.1, -0.05) is 23.7 Å². The van der Waals surface area contributed by atoms with E-state index in [4.69, 9.17) is 16.3 Å². The van der Waals surface area contributed by atoms with Crippen molar-refractivity contribution >= 4 is 35.2 Å². The lowest BCUT2D eigenvalue weighted by molar-refractivity contribution is -0.140. The van der Waals surface area contributed by atoms with Crippen molar-refractivity contribution in [1.82, 2.24) is 14.8 Å². The number of pyridine rings is 1. The molecule has 2 saturated heterocycles. The SMILES string of the molecule is CC(C)(C)OC(=O)Nc1cc(CN2CCC(C(=O)N3CCC(C(=O)Cc4ccc(Cl)cc4)CC3)CC2)ccn1. The third-order valence-electron chi connectivity index (χ3n) is 7.35. The molecule has 9 heteroatoms. The molecule has 0 unspecified atom stereocenters. The molecule has 1 N–H and O–H groups in total. The molecule has 0 atom stereocenters. The zero-order chi connectivity index (χ0) is 28.0. The summed E-state index contributed by atoms with van der Waals surface area (Å²) in [5, 5.41) is 3.36. The van der Waals surface area contributed by atoms with Crippen molar-refractivity contribution in [2.24, 2.45) is 11.8 Å². The minimum Gasteiger partial charge on any atom is -0.444 e. The first-order valence-corrected chi connectivity index (χ1v) is 14.2. The number of piperidine rings is 2. The molecule has 39 heavy (non-hydrogen) atoms. The van der Waals surface area contributed by atoms with Gasteiger partial charge in [0.05, 0.1) is 0 Å². The molecule has 2 aromatic rings. The maximum Gasteiger partial charge on any atom is 0.413 e. The zero-order valence-electron chi connectivity index (χ0n) is 23.1. The van der Waals surface area contributed by atoms with Crippen molar-refractivity contribution in [2.75, 3.05) is 31.5 Å². The zero-order valence-corrected chi connectivity index (χ0v) is 23.9. The van der Waals surface area contributed by atoms with Gasteiger partial charge in [-0.2, -0.15) is 0 Å². The summed E-state index contributed by atoms with van der Waals surface area (Å²) in [5.41, 5.74) is 1.46. The first-order valence-electron chi connectivity index (χ1n) is 13.8. The maximum absolute atomic E-state index is 13.2. The van der Waals surface area contributed by atoms with Crippen molar-refractivity contribution in [3.05, 3.63) is 58.7 Å². The summed E-state index contributed by atoms with van der Waals surface area (Å²) in [6.07, 6.45) is 4.69. The van der Waals surface area contributed by atoms with Gasteiger partial charge in [-0.3, -0.25) is 19.8 Å². The molecule has 2 fully saturated rings. The largest absolute Gasteiger partial charge is 0.444 e. The summed E-state index contributed by atoms with van der Waals surface area (Å²) in [5.74, 6) is 0.984.